The van der Waals surface area contributed by atoms with Crippen LogP contribution < -0.4 is 5.32 Å². The molecule has 0 aromatic carbocycles. The summed E-state index contributed by atoms with van der Waals surface area (Å²) < 4.78 is 39.6. The molecular weight excluding hydrogens is 287 g/mol. The van der Waals surface area contributed by atoms with E-state index in [0.29, 0.717) is 5.69 Å². The molecular formula is C12H12F3N5O. The first-order chi connectivity index (χ1) is 9.71. The van der Waals surface area contributed by atoms with Crippen LogP contribution in [0.5, 0.6) is 0 Å². The van der Waals surface area contributed by atoms with Gasteiger partial charge in [0, 0.05) is 6.20 Å². The fourth-order valence-corrected chi connectivity index (χ4v) is 1.45. The molecule has 0 bridgehead atoms. The Morgan fingerprint density at radius 1 is 1.29 bits per heavy atom. The van der Waals surface area contributed by atoms with Crippen LogP contribution in [-0.2, 0) is 0 Å². The summed E-state index contributed by atoms with van der Waals surface area (Å²) in [6.07, 6.45) is 1.00. The van der Waals surface area contributed by atoms with E-state index in [1.807, 2.05) is 5.32 Å². The summed E-state index contributed by atoms with van der Waals surface area (Å²) in [7, 11) is 0. The highest BCUT2D eigenvalue weighted by atomic mass is 19.4. The number of pyridine rings is 1. The molecule has 6 nitrogen and oxygen atoms in total. The lowest BCUT2D eigenvalue weighted by atomic mass is 10.0. The molecule has 2 rings (SSSR count). The van der Waals surface area contributed by atoms with E-state index in [-0.39, 0.29) is 5.56 Å². The molecule has 0 atom stereocenters. The number of halogens is 3. The number of nitrogens with zero attached hydrogens (tertiary/aromatic N) is 4. The standard InChI is InChI=1S/C12H12F3N5O/c1-11(2,12(13,14)15)18-10(21)8-5-9(7-16-6-8)20-4-3-17-19-20/h3-7H,1-2H3,(H,18,21). The first-order valence-electron chi connectivity index (χ1n) is 5.92. The van der Waals surface area contributed by atoms with Crippen molar-refractivity contribution in [2.45, 2.75) is 25.6 Å². The van der Waals surface area contributed by atoms with Crippen molar-refractivity contribution < 1.29 is 18.0 Å². The van der Waals surface area contributed by atoms with Crippen molar-refractivity contribution in [2.75, 3.05) is 0 Å². The summed E-state index contributed by atoms with van der Waals surface area (Å²) in [5, 5.41) is 9.25. The average Bonchev–Trinajstić information content (AvgIpc) is 2.91. The Kier molecular flexibility index (Phi) is 3.67. The monoisotopic (exact) mass is 299 g/mol. The van der Waals surface area contributed by atoms with E-state index in [0.717, 1.165) is 13.8 Å². The molecule has 112 valence electrons. The summed E-state index contributed by atoms with van der Waals surface area (Å²) >= 11 is 0. The predicted molar refractivity (Wildman–Crippen MR) is 66.8 cm³/mol. The molecule has 2 aromatic heterocycles. The second-order valence-electron chi connectivity index (χ2n) is 4.86. The van der Waals surface area contributed by atoms with E-state index in [4.69, 9.17) is 0 Å². The molecule has 0 saturated carbocycles. The second kappa shape index (κ2) is 5.15. The minimum Gasteiger partial charge on any atom is -0.338 e. The van der Waals surface area contributed by atoms with Gasteiger partial charge in [0.15, 0.2) is 0 Å². The molecule has 9 heteroatoms. The number of aromatic nitrogens is 4. The van der Waals surface area contributed by atoms with Gasteiger partial charge in [-0.05, 0) is 19.9 Å². The van der Waals surface area contributed by atoms with E-state index in [1.54, 1.807) is 0 Å². The van der Waals surface area contributed by atoms with Gasteiger partial charge in [-0.3, -0.25) is 9.78 Å². The second-order valence-corrected chi connectivity index (χ2v) is 4.86. The van der Waals surface area contributed by atoms with Gasteiger partial charge in [-0.1, -0.05) is 5.21 Å². The fraction of sp³-hybridized carbons (Fsp3) is 0.333. The van der Waals surface area contributed by atoms with Crippen molar-refractivity contribution in [3.63, 3.8) is 0 Å². The van der Waals surface area contributed by atoms with E-state index in [2.05, 4.69) is 15.3 Å². The molecule has 0 aliphatic heterocycles. The van der Waals surface area contributed by atoms with Crippen LogP contribution in [0.2, 0.25) is 0 Å². The highest BCUT2D eigenvalue weighted by molar-refractivity contribution is 5.94. The topological polar surface area (TPSA) is 72.7 Å². The third-order valence-corrected chi connectivity index (χ3v) is 2.81. The Morgan fingerprint density at radius 3 is 2.57 bits per heavy atom. The van der Waals surface area contributed by atoms with Gasteiger partial charge in [0.2, 0.25) is 0 Å². The van der Waals surface area contributed by atoms with E-state index < -0.39 is 17.6 Å². The summed E-state index contributed by atoms with van der Waals surface area (Å²) in [6, 6.07) is 1.38. The number of hydrogen-bond acceptors (Lipinski definition) is 4. The maximum absolute atomic E-state index is 12.8. The molecule has 2 aromatic rings. The number of alkyl halides is 3. The minimum atomic E-state index is -4.56. The van der Waals surface area contributed by atoms with Gasteiger partial charge >= 0.3 is 6.18 Å². The number of rotatable bonds is 3. The zero-order chi connectivity index (χ0) is 15.7. The van der Waals surface area contributed by atoms with Crippen LogP contribution in [0.3, 0.4) is 0 Å². The molecule has 21 heavy (non-hydrogen) atoms. The van der Waals surface area contributed by atoms with Crippen molar-refractivity contribution in [1.82, 2.24) is 25.3 Å². The van der Waals surface area contributed by atoms with Gasteiger partial charge < -0.3 is 5.32 Å². The molecule has 0 spiro atoms. The van der Waals surface area contributed by atoms with Crippen LogP contribution in [-0.4, -0.2) is 37.6 Å². The number of carbonyl (C=O) groups is 1. The van der Waals surface area contributed by atoms with Crippen LogP contribution in [0.15, 0.2) is 30.9 Å². The smallest absolute Gasteiger partial charge is 0.338 e. The minimum absolute atomic E-state index is 0.000301. The lowest BCUT2D eigenvalue weighted by molar-refractivity contribution is -0.182. The fourth-order valence-electron chi connectivity index (χ4n) is 1.45. The lowest BCUT2D eigenvalue weighted by Gasteiger charge is -2.28. The first kappa shape index (κ1) is 14.9. The van der Waals surface area contributed by atoms with Crippen molar-refractivity contribution in [2.24, 2.45) is 0 Å². The Hall–Kier alpha value is -2.45. The zero-order valence-electron chi connectivity index (χ0n) is 11.2. The highest BCUT2D eigenvalue weighted by Gasteiger charge is 2.48. The maximum atomic E-state index is 12.8. The predicted octanol–water partition coefficient (Wildman–Crippen LogP) is 1.73. The summed E-state index contributed by atoms with van der Waals surface area (Å²) in [5.41, 5.74) is -1.92. The zero-order valence-corrected chi connectivity index (χ0v) is 11.2. The Balaban J connectivity index is 2.23. The van der Waals surface area contributed by atoms with Crippen molar-refractivity contribution >= 4 is 5.91 Å². The normalized spacial score (nSPS) is 12.2. The molecule has 1 amide bonds. The molecule has 0 saturated heterocycles. The Morgan fingerprint density at radius 2 is 2.00 bits per heavy atom. The maximum Gasteiger partial charge on any atom is 0.410 e. The van der Waals surface area contributed by atoms with Crippen molar-refractivity contribution in [3.05, 3.63) is 36.4 Å². The van der Waals surface area contributed by atoms with Crippen LogP contribution in [0.4, 0.5) is 13.2 Å². The van der Waals surface area contributed by atoms with Gasteiger partial charge in [0.05, 0.1) is 29.8 Å². The van der Waals surface area contributed by atoms with Gasteiger partial charge in [-0.25, -0.2) is 4.68 Å². The first-order valence-corrected chi connectivity index (χ1v) is 5.92. The Labute approximate surface area is 118 Å². The van der Waals surface area contributed by atoms with E-state index in [9.17, 15) is 18.0 Å². The molecule has 1 N–H and O–H groups in total. The number of hydrogen-bond donors (Lipinski definition) is 1. The average molecular weight is 299 g/mol. The number of carbonyl (C=O) groups excluding carboxylic acids is 1. The quantitative estimate of drug-likeness (QED) is 0.937. The van der Waals surface area contributed by atoms with Crippen molar-refractivity contribution in [1.29, 1.82) is 0 Å². The largest absolute Gasteiger partial charge is 0.410 e. The summed E-state index contributed by atoms with van der Waals surface area (Å²) in [5.74, 6) is -0.869. The molecule has 0 aliphatic carbocycles. The molecule has 0 aliphatic rings. The Bertz CT molecular complexity index is 637. The summed E-state index contributed by atoms with van der Waals surface area (Å²) in [4.78, 5) is 15.8. The molecule has 0 radical (unpaired) electrons. The third-order valence-electron chi connectivity index (χ3n) is 2.81. The van der Waals surface area contributed by atoms with Gasteiger partial charge in [0.1, 0.15) is 5.54 Å². The SMILES string of the molecule is CC(C)(NC(=O)c1cncc(-n2ccnn2)c1)C(F)(F)F. The van der Waals surface area contributed by atoms with E-state index >= 15 is 0 Å². The van der Waals surface area contributed by atoms with E-state index in [1.165, 1.54) is 35.5 Å². The molecule has 2 heterocycles. The van der Waals surface area contributed by atoms with Crippen LogP contribution in [0.25, 0.3) is 5.69 Å². The van der Waals surface area contributed by atoms with Gasteiger partial charge in [-0.2, -0.15) is 13.2 Å². The molecule has 0 fully saturated rings. The van der Waals surface area contributed by atoms with Crippen LogP contribution in [0, 0.1) is 0 Å². The van der Waals surface area contributed by atoms with Gasteiger partial charge in [0.25, 0.3) is 5.91 Å². The lowest BCUT2D eigenvalue weighted by Crippen LogP contribution is -2.54. The van der Waals surface area contributed by atoms with Crippen LogP contribution >= 0.6 is 0 Å². The number of nitrogens with one attached hydrogen (secondary N) is 1. The highest BCUT2D eigenvalue weighted by Crippen LogP contribution is 2.29. The molecule has 0 unspecified atom stereocenters. The third kappa shape index (κ3) is 3.18. The summed E-state index contributed by atoms with van der Waals surface area (Å²) in [6.45, 7) is 1.78. The van der Waals surface area contributed by atoms with Crippen LogP contribution in [0.1, 0.15) is 24.2 Å². The number of amides is 1. The van der Waals surface area contributed by atoms with Crippen molar-refractivity contribution in [3.8, 4) is 5.69 Å². The van der Waals surface area contributed by atoms with Gasteiger partial charge in [-0.15, -0.1) is 5.10 Å².